The monoisotopic (exact) mass is 369 g/mol. The highest BCUT2D eigenvalue weighted by Gasteiger charge is 2.30. The lowest BCUT2D eigenvalue weighted by Gasteiger charge is -2.18. The average molecular weight is 369 g/mol. The molecule has 0 N–H and O–H groups in total. The Kier molecular flexibility index (Phi) is 6.07. The second-order valence-electron chi connectivity index (χ2n) is 5.37. The van der Waals surface area contributed by atoms with Crippen molar-refractivity contribution in [1.82, 2.24) is 4.90 Å². The van der Waals surface area contributed by atoms with Crippen molar-refractivity contribution in [1.29, 1.82) is 0 Å². The minimum atomic E-state index is -4.47. The molecule has 1 aromatic carbocycles. The van der Waals surface area contributed by atoms with E-state index in [1.54, 1.807) is 13.8 Å². The van der Waals surface area contributed by atoms with Gasteiger partial charge in [0, 0.05) is 12.1 Å². The van der Waals surface area contributed by atoms with Crippen LogP contribution >= 0.6 is 0 Å². The van der Waals surface area contributed by atoms with Crippen molar-refractivity contribution in [3.05, 3.63) is 47.7 Å². The first-order chi connectivity index (χ1) is 12.3. The van der Waals surface area contributed by atoms with Crippen molar-refractivity contribution in [3.8, 4) is 11.3 Å². The van der Waals surface area contributed by atoms with Gasteiger partial charge in [-0.05, 0) is 38.1 Å². The van der Waals surface area contributed by atoms with Crippen LogP contribution in [-0.2, 0) is 15.7 Å². The van der Waals surface area contributed by atoms with Gasteiger partial charge in [0.15, 0.2) is 5.76 Å². The van der Waals surface area contributed by atoms with Gasteiger partial charge in [0.2, 0.25) is 0 Å². The Hall–Kier alpha value is -2.77. The van der Waals surface area contributed by atoms with Crippen LogP contribution in [0, 0.1) is 0 Å². The summed E-state index contributed by atoms with van der Waals surface area (Å²) in [4.78, 5) is 25.2. The third-order valence-electron chi connectivity index (χ3n) is 3.59. The molecule has 0 aliphatic carbocycles. The summed E-state index contributed by atoms with van der Waals surface area (Å²) in [5.41, 5.74) is -0.607. The van der Waals surface area contributed by atoms with Crippen molar-refractivity contribution in [2.45, 2.75) is 20.0 Å². The van der Waals surface area contributed by atoms with E-state index in [9.17, 15) is 22.8 Å². The maximum atomic E-state index is 12.8. The molecule has 0 saturated heterocycles. The number of hydrogen-bond donors (Lipinski definition) is 0. The first-order valence-corrected chi connectivity index (χ1v) is 7.98. The average Bonchev–Trinajstić information content (AvgIpc) is 3.09. The molecule has 0 fully saturated rings. The zero-order valence-corrected chi connectivity index (χ0v) is 14.3. The van der Waals surface area contributed by atoms with Gasteiger partial charge in [-0.15, -0.1) is 0 Å². The minimum Gasteiger partial charge on any atom is -0.465 e. The number of hydrogen-bond acceptors (Lipinski definition) is 4. The topological polar surface area (TPSA) is 59.8 Å². The fourth-order valence-corrected chi connectivity index (χ4v) is 2.30. The Bertz CT molecular complexity index is 783. The highest BCUT2D eigenvalue weighted by molar-refractivity contribution is 5.94. The molecule has 1 amide bonds. The van der Waals surface area contributed by atoms with Gasteiger partial charge in [-0.3, -0.25) is 9.59 Å². The molecule has 1 aromatic heterocycles. The van der Waals surface area contributed by atoms with Crippen LogP contribution in [0.25, 0.3) is 11.3 Å². The number of ether oxygens (including phenoxy) is 1. The molecule has 2 aromatic rings. The maximum absolute atomic E-state index is 12.8. The molecular weight excluding hydrogens is 351 g/mol. The number of halogens is 3. The normalized spacial score (nSPS) is 11.3. The number of furan rings is 1. The van der Waals surface area contributed by atoms with Crippen molar-refractivity contribution in [2.75, 3.05) is 19.7 Å². The van der Waals surface area contributed by atoms with Crippen molar-refractivity contribution in [2.24, 2.45) is 0 Å². The molecule has 0 aliphatic heterocycles. The van der Waals surface area contributed by atoms with Gasteiger partial charge in [-0.1, -0.05) is 12.1 Å². The summed E-state index contributed by atoms with van der Waals surface area (Å²) in [5.74, 6) is -1.03. The van der Waals surface area contributed by atoms with Crippen molar-refractivity contribution >= 4 is 11.9 Å². The molecule has 0 saturated carbocycles. The zero-order chi connectivity index (χ0) is 19.3. The van der Waals surface area contributed by atoms with Gasteiger partial charge in [-0.25, -0.2) is 0 Å². The van der Waals surface area contributed by atoms with Crippen LogP contribution in [0.1, 0.15) is 30.0 Å². The largest absolute Gasteiger partial charge is 0.465 e. The highest BCUT2D eigenvalue weighted by Crippen LogP contribution is 2.32. The number of carbonyl (C=O) groups excluding carboxylic acids is 2. The summed E-state index contributed by atoms with van der Waals surface area (Å²) >= 11 is 0. The van der Waals surface area contributed by atoms with E-state index in [1.165, 1.54) is 29.2 Å². The Morgan fingerprint density at radius 1 is 1.15 bits per heavy atom. The third kappa shape index (κ3) is 4.65. The summed E-state index contributed by atoms with van der Waals surface area (Å²) in [5, 5.41) is 0. The fraction of sp³-hybridized carbons (Fsp3) is 0.333. The number of benzene rings is 1. The molecule has 140 valence electrons. The predicted molar refractivity (Wildman–Crippen MR) is 87.4 cm³/mol. The number of amides is 1. The van der Waals surface area contributed by atoms with Gasteiger partial charge in [-0.2, -0.15) is 13.2 Å². The van der Waals surface area contributed by atoms with Crippen LogP contribution in [0.3, 0.4) is 0 Å². The van der Waals surface area contributed by atoms with Crippen LogP contribution < -0.4 is 0 Å². The molecule has 8 heteroatoms. The number of nitrogens with zero attached hydrogens (tertiary/aromatic N) is 1. The fourth-order valence-electron chi connectivity index (χ4n) is 2.30. The Labute approximate surface area is 148 Å². The molecule has 0 aliphatic rings. The van der Waals surface area contributed by atoms with E-state index in [2.05, 4.69) is 0 Å². The van der Waals surface area contributed by atoms with Gasteiger partial charge in [0.1, 0.15) is 12.3 Å². The van der Waals surface area contributed by atoms with E-state index in [1.807, 2.05) is 0 Å². The lowest BCUT2D eigenvalue weighted by atomic mass is 10.1. The molecule has 2 rings (SSSR count). The van der Waals surface area contributed by atoms with Crippen molar-refractivity contribution in [3.63, 3.8) is 0 Å². The van der Waals surface area contributed by atoms with Gasteiger partial charge < -0.3 is 14.1 Å². The lowest BCUT2D eigenvalue weighted by Crippen LogP contribution is -2.36. The third-order valence-corrected chi connectivity index (χ3v) is 3.59. The smallest absolute Gasteiger partial charge is 0.416 e. The highest BCUT2D eigenvalue weighted by atomic mass is 19.4. The van der Waals surface area contributed by atoms with Crippen LogP contribution in [0.2, 0.25) is 0 Å². The molecule has 1 heterocycles. The number of alkyl halides is 3. The molecule has 5 nitrogen and oxygen atoms in total. The van der Waals surface area contributed by atoms with Crippen LogP contribution in [0.5, 0.6) is 0 Å². The summed E-state index contributed by atoms with van der Waals surface area (Å²) < 4.78 is 48.7. The molecule has 0 unspecified atom stereocenters. The summed E-state index contributed by atoms with van der Waals surface area (Å²) in [6.45, 7) is 3.56. The molecule has 0 radical (unpaired) electrons. The SMILES string of the molecule is CCOC(=O)CN(CC)C(=O)c1ccc(-c2cccc(C(F)(F)F)c2)o1. The first-order valence-electron chi connectivity index (χ1n) is 7.98. The molecule has 0 atom stereocenters. The predicted octanol–water partition coefficient (Wildman–Crippen LogP) is 3.99. The summed E-state index contributed by atoms with van der Waals surface area (Å²) in [6, 6.07) is 7.41. The van der Waals surface area contributed by atoms with E-state index < -0.39 is 23.6 Å². The molecule has 0 spiro atoms. The Morgan fingerprint density at radius 2 is 1.88 bits per heavy atom. The summed E-state index contributed by atoms with van der Waals surface area (Å²) in [7, 11) is 0. The van der Waals surface area contributed by atoms with Gasteiger partial charge in [0.25, 0.3) is 5.91 Å². The minimum absolute atomic E-state index is 0.0661. The second kappa shape index (κ2) is 8.07. The Balaban J connectivity index is 2.21. The number of carbonyl (C=O) groups is 2. The van der Waals surface area contributed by atoms with Gasteiger partial charge >= 0.3 is 12.1 Å². The second-order valence-corrected chi connectivity index (χ2v) is 5.37. The number of esters is 1. The molecule has 0 bridgehead atoms. The van der Waals surface area contributed by atoms with E-state index in [0.717, 1.165) is 12.1 Å². The van der Waals surface area contributed by atoms with Crippen LogP contribution in [0.15, 0.2) is 40.8 Å². The first kappa shape index (κ1) is 19.6. The molecule has 26 heavy (non-hydrogen) atoms. The maximum Gasteiger partial charge on any atom is 0.416 e. The standard InChI is InChI=1S/C18H18F3NO4/c1-3-22(11-16(23)25-4-2)17(24)15-9-8-14(26-15)12-6-5-7-13(10-12)18(19,20)21/h5-10H,3-4,11H2,1-2H3. The van der Waals surface area contributed by atoms with E-state index in [4.69, 9.17) is 9.15 Å². The van der Waals surface area contributed by atoms with Gasteiger partial charge in [0.05, 0.1) is 12.2 Å². The van der Waals surface area contributed by atoms with E-state index >= 15 is 0 Å². The van der Waals surface area contributed by atoms with Crippen molar-refractivity contribution < 1.29 is 31.9 Å². The van der Waals surface area contributed by atoms with Crippen LogP contribution in [0.4, 0.5) is 13.2 Å². The zero-order valence-electron chi connectivity index (χ0n) is 14.3. The summed E-state index contributed by atoms with van der Waals surface area (Å²) in [6.07, 6.45) is -4.47. The quantitative estimate of drug-likeness (QED) is 0.723. The van der Waals surface area contributed by atoms with E-state index in [-0.39, 0.29) is 36.8 Å². The van der Waals surface area contributed by atoms with Crippen LogP contribution in [-0.4, -0.2) is 36.5 Å². The van der Waals surface area contributed by atoms with E-state index in [0.29, 0.717) is 0 Å². The number of likely N-dealkylation sites (N-methyl/N-ethyl adjacent to an activating group) is 1. The Morgan fingerprint density at radius 3 is 2.50 bits per heavy atom. The number of rotatable bonds is 6. The lowest BCUT2D eigenvalue weighted by molar-refractivity contribution is -0.143. The molecular formula is C18H18F3NO4.